The molecule has 0 radical (unpaired) electrons. The first-order chi connectivity index (χ1) is 6.24. The van der Waals surface area contributed by atoms with E-state index in [0.29, 0.717) is 26.3 Å². The van der Waals surface area contributed by atoms with Crippen LogP contribution in [-0.4, -0.2) is 49.2 Å². The maximum atomic E-state index is 11.2. The molecule has 0 aromatic carbocycles. The van der Waals surface area contributed by atoms with Crippen molar-refractivity contribution in [2.45, 2.75) is 6.42 Å². The zero-order valence-corrected chi connectivity index (χ0v) is 12.8. The predicted molar refractivity (Wildman–Crippen MR) is 49.1 cm³/mol. The maximum absolute atomic E-state index is 11.2. The van der Waals surface area contributed by atoms with Gasteiger partial charge in [0.25, 0.3) is 0 Å². The summed E-state index contributed by atoms with van der Waals surface area (Å²) < 4.78 is 5.03. The van der Waals surface area contributed by atoms with Gasteiger partial charge in [0.1, 0.15) is 0 Å². The number of nitrogens with zero attached hydrogens (tertiary/aromatic N) is 1. The van der Waals surface area contributed by atoms with Gasteiger partial charge in [-0.1, -0.05) is 0 Å². The second-order valence-corrected chi connectivity index (χ2v) is 2.70. The summed E-state index contributed by atoms with van der Waals surface area (Å²) in [4.78, 5) is 33.2. The standard InChI is InChI=1S/C8H10NO4.CH3.U/c10-6-7(11)5-8(12)9-1-3-13-4-2-9;;/h1-5H2;1H3;/q2*-1;+2. The molecule has 6 heteroatoms. The fraction of sp³-hybridized carbons (Fsp3) is 0.556. The Kier molecular flexibility index (Phi) is 10.4. The molecule has 0 unspecified atom stereocenters. The summed E-state index contributed by atoms with van der Waals surface area (Å²) in [5.74, 6) is -1.12. The molecule has 15 heavy (non-hydrogen) atoms. The molecule has 0 aromatic heterocycles. The number of hydrogen-bond donors (Lipinski definition) is 0. The van der Waals surface area contributed by atoms with Crippen LogP contribution in [0.2, 0.25) is 0 Å². The average molecular weight is 437 g/mol. The van der Waals surface area contributed by atoms with Gasteiger partial charge < -0.3 is 26.7 Å². The molecule has 0 atom stereocenters. The minimum atomic E-state index is -0.795. The minimum Gasteiger partial charge on any atom is -0.534 e. The Balaban J connectivity index is 0. The van der Waals surface area contributed by atoms with Crippen LogP contribution in [0.4, 0.5) is 0 Å². The fourth-order valence-corrected chi connectivity index (χ4v) is 1.10. The van der Waals surface area contributed by atoms with Crippen LogP contribution in [-0.2, 0) is 19.1 Å². The van der Waals surface area contributed by atoms with Gasteiger partial charge in [-0.25, -0.2) is 0 Å². The van der Waals surface area contributed by atoms with Crippen molar-refractivity contribution in [3.63, 3.8) is 0 Å². The van der Waals surface area contributed by atoms with E-state index in [1.165, 1.54) is 11.2 Å². The summed E-state index contributed by atoms with van der Waals surface area (Å²) in [6.07, 6.45) is 0.796. The monoisotopic (exact) mass is 437 g/mol. The Labute approximate surface area is 113 Å². The number of carbonyl (C=O) groups excluding carboxylic acids is 3. The number of morpholine rings is 1. The van der Waals surface area contributed by atoms with Crippen molar-refractivity contribution in [2.75, 3.05) is 26.3 Å². The second kappa shape index (κ2) is 9.08. The van der Waals surface area contributed by atoms with Gasteiger partial charge >= 0.3 is 31.1 Å². The number of ketones is 1. The summed E-state index contributed by atoms with van der Waals surface area (Å²) in [6.45, 7) is 1.96. The smallest absolute Gasteiger partial charge is 0.534 e. The number of carbonyl (C=O) groups is 2. The van der Waals surface area contributed by atoms with Crippen LogP contribution < -0.4 is 0 Å². The van der Waals surface area contributed by atoms with Crippen molar-refractivity contribution in [3.05, 3.63) is 7.43 Å². The SMILES string of the molecule is O=[C-]C(=O)CC(=O)N1CCOCC1.[CH3-].[U+2]. The Morgan fingerprint density at radius 1 is 1.27 bits per heavy atom. The fourth-order valence-electron chi connectivity index (χ4n) is 1.10. The van der Waals surface area contributed by atoms with Crippen molar-refractivity contribution in [3.8, 4) is 0 Å². The van der Waals surface area contributed by atoms with Gasteiger partial charge in [0.15, 0.2) is 0 Å². The minimum absolute atomic E-state index is 0. The van der Waals surface area contributed by atoms with Crippen molar-refractivity contribution >= 4 is 18.0 Å². The first-order valence-electron chi connectivity index (χ1n) is 4.00. The first-order valence-corrected chi connectivity index (χ1v) is 4.00. The third-order valence-electron chi connectivity index (χ3n) is 1.79. The van der Waals surface area contributed by atoms with Gasteiger partial charge in [0, 0.05) is 18.9 Å². The van der Waals surface area contributed by atoms with E-state index >= 15 is 0 Å². The first kappa shape index (κ1) is 17.2. The molecule has 1 heterocycles. The van der Waals surface area contributed by atoms with E-state index in [2.05, 4.69) is 0 Å². The molecule has 0 saturated carbocycles. The van der Waals surface area contributed by atoms with Gasteiger partial charge in [-0.15, -0.1) is 0 Å². The molecule has 0 spiro atoms. The molecule has 0 bridgehead atoms. The number of amides is 1. The van der Waals surface area contributed by atoms with Crippen LogP contribution in [0, 0.1) is 38.5 Å². The zero-order valence-electron chi connectivity index (χ0n) is 8.62. The van der Waals surface area contributed by atoms with Gasteiger partial charge in [-0.05, 0) is 0 Å². The molecule has 0 aromatic rings. The molecule has 0 N–H and O–H groups in total. The number of Topliss-reactive ketones (excluding diaryl/α,β-unsaturated/α-hetero) is 1. The van der Waals surface area contributed by atoms with Crippen molar-refractivity contribution in [2.24, 2.45) is 0 Å². The van der Waals surface area contributed by atoms with Gasteiger partial charge in [-0.2, -0.15) is 6.29 Å². The number of rotatable bonds is 3. The Bertz CT molecular complexity index is 226. The van der Waals surface area contributed by atoms with Crippen LogP contribution in [0.15, 0.2) is 0 Å². The van der Waals surface area contributed by atoms with E-state index in [0.717, 1.165) is 0 Å². The molecule has 1 saturated heterocycles. The normalized spacial score (nSPS) is 14.5. The van der Waals surface area contributed by atoms with Crippen molar-refractivity contribution < 1.29 is 50.2 Å². The third-order valence-corrected chi connectivity index (χ3v) is 1.79. The second-order valence-electron chi connectivity index (χ2n) is 2.70. The van der Waals surface area contributed by atoms with E-state index < -0.39 is 5.78 Å². The van der Waals surface area contributed by atoms with Crippen LogP contribution in [0.1, 0.15) is 6.42 Å². The van der Waals surface area contributed by atoms with E-state index in [9.17, 15) is 14.4 Å². The van der Waals surface area contributed by atoms with Crippen molar-refractivity contribution in [1.82, 2.24) is 4.90 Å². The summed E-state index contributed by atoms with van der Waals surface area (Å²) >= 11 is 0. The number of ether oxygens (including phenoxy) is 1. The van der Waals surface area contributed by atoms with Crippen LogP contribution in [0.25, 0.3) is 0 Å². The topological polar surface area (TPSA) is 63.7 Å². The van der Waals surface area contributed by atoms with Crippen LogP contribution in [0.5, 0.6) is 0 Å². The summed E-state index contributed by atoms with van der Waals surface area (Å²) in [7, 11) is 0. The zero-order chi connectivity index (χ0) is 9.68. The molecule has 5 nitrogen and oxygen atoms in total. The van der Waals surface area contributed by atoms with Crippen LogP contribution in [0.3, 0.4) is 0 Å². The maximum Gasteiger partial charge on any atom is 2.00 e. The largest absolute Gasteiger partial charge is 2.00 e. The van der Waals surface area contributed by atoms with E-state index in [1.54, 1.807) is 0 Å². The van der Waals surface area contributed by atoms with Crippen LogP contribution >= 0.6 is 0 Å². The van der Waals surface area contributed by atoms with Gasteiger partial charge in [0.2, 0.25) is 5.91 Å². The molecular formula is C9H13NO4U. The van der Waals surface area contributed by atoms with E-state index in [1.807, 2.05) is 0 Å². The summed E-state index contributed by atoms with van der Waals surface area (Å²) in [5, 5.41) is 0. The molecule has 1 aliphatic rings. The third kappa shape index (κ3) is 6.08. The Hall–Kier alpha value is -0.178. The van der Waals surface area contributed by atoms with Gasteiger partial charge in [-0.3, -0.25) is 4.79 Å². The predicted octanol–water partition coefficient (Wildman–Crippen LogP) is -0.636. The molecule has 1 rings (SSSR count). The molecule has 1 fully saturated rings. The molecule has 1 amide bonds. The Morgan fingerprint density at radius 2 is 1.80 bits per heavy atom. The summed E-state index contributed by atoms with van der Waals surface area (Å²) in [6, 6.07) is 0. The Morgan fingerprint density at radius 3 is 2.27 bits per heavy atom. The quantitative estimate of drug-likeness (QED) is 0.335. The van der Waals surface area contributed by atoms with Crippen molar-refractivity contribution in [1.29, 1.82) is 0 Å². The van der Waals surface area contributed by atoms with E-state index in [4.69, 9.17) is 4.74 Å². The summed E-state index contributed by atoms with van der Waals surface area (Å²) in [5.41, 5.74) is 0. The van der Waals surface area contributed by atoms with E-state index in [-0.39, 0.29) is 50.9 Å². The molecule has 1 aliphatic heterocycles. The van der Waals surface area contributed by atoms with Gasteiger partial charge in [0.05, 0.1) is 19.6 Å². The molecule has 82 valence electrons. The number of hydrogen-bond acceptors (Lipinski definition) is 4. The average Bonchev–Trinajstić information content (AvgIpc) is 2.19. The molecule has 0 aliphatic carbocycles. The molecular weight excluding hydrogens is 424 g/mol.